The van der Waals surface area contributed by atoms with E-state index in [0.717, 1.165) is 41.7 Å². The van der Waals surface area contributed by atoms with Crippen molar-refractivity contribution >= 4 is 17.0 Å². The van der Waals surface area contributed by atoms with E-state index in [1.165, 1.54) is 0 Å². The zero-order chi connectivity index (χ0) is 13.4. The van der Waals surface area contributed by atoms with Gasteiger partial charge in [-0.05, 0) is 37.6 Å². The van der Waals surface area contributed by atoms with Crippen molar-refractivity contribution < 1.29 is 9.90 Å². The first kappa shape index (κ1) is 12.2. The van der Waals surface area contributed by atoms with Crippen LogP contribution in [0.15, 0.2) is 18.3 Å². The van der Waals surface area contributed by atoms with Gasteiger partial charge in [0.25, 0.3) is 0 Å². The Kier molecular flexibility index (Phi) is 2.98. The maximum Gasteiger partial charge on any atom is 0.307 e. The predicted molar refractivity (Wildman–Crippen MR) is 72.2 cm³/mol. The van der Waals surface area contributed by atoms with Crippen molar-refractivity contribution in [3.05, 3.63) is 29.6 Å². The van der Waals surface area contributed by atoms with E-state index < -0.39 is 5.97 Å². The van der Waals surface area contributed by atoms with Gasteiger partial charge in [0, 0.05) is 29.9 Å². The van der Waals surface area contributed by atoms with Crippen LogP contribution in [0.25, 0.3) is 11.0 Å². The molecular formula is C14H17N3O2. The van der Waals surface area contributed by atoms with Crippen molar-refractivity contribution in [2.45, 2.75) is 31.8 Å². The minimum absolute atomic E-state index is 0.0781. The quantitative estimate of drug-likeness (QED) is 0.869. The summed E-state index contributed by atoms with van der Waals surface area (Å²) in [6.45, 7) is 0.860. The average molecular weight is 259 g/mol. The molecule has 0 fully saturated rings. The van der Waals surface area contributed by atoms with E-state index in [1.807, 2.05) is 19.2 Å². The van der Waals surface area contributed by atoms with Gasteiger partial charge < -0.3 is 15.0 Å². The van der Waals surface area contributed by atoms with Crippen LogP contribution in [0.3, 0.4) is 0 Å². The number of hydrogen-bond donors (Lipinski definition) is 2. The number of carbonyl (C=O) groups is 1. The third-order valence-corrected chi connectivity index (χ3v) is 3.91. The topological polar surface area (TPSA) is 67.2 Å². The van der Waals surface area contributed by atoms with E-state index in [4.69, 9.17) is 5.11 Å². The van der Waals surface area contributed by atoms with Gasteiger partial charge in [-0.3, -0.25) is 4.79 Å². The number of aliphatic carboxylic acids is 1. The summed E-state index contributed by atoms with van der Waals surface area (Å²) in [4.78, 5) is 15.5. The van der Waals surface area contributed by atoms with Crippen molar-refractivity contribution in [2.75, 3.05) is 7.05 Å². The van der Waals surface area contributed by atoms with E-state index in [9.17, 15) is 4.79 Å². The summed E-state index contributed by atoms with van der Waals surface area (Å²) in [7, 11) is 1.97. The standard InChI is InChI=1S/C14H17N3O2/c1-15-9-4-5-12-11(7-13(18)19)10-3-2-6-16-14(10)17(12)8-9/h2-3,6,9,15H,4-5,7-8H2,1H3,(H,18,19). The van der Waals surface area contributed by atoms with Gasteiger partial charge in [0.05, 0.1) is 6.42 Å². The highest BCUT2D eigenvalue weighted by molar-refractivity contribution is 5.86. The summed E-state index contributed by atoms with van der Waals surface area (Å²) in [6.07, 6.45) is 3.79. The zero-order valence-corrected chi connectivity index (χ0v) is 10.9. The molecule has 1 aliphatic heterocycles. The molecule has 0 radical (unpaired) electrons. The fourth-order valence-electron chi connectivity index (χ4n) is 2.98. The van der Waals surface area contributed by atoms with Crippen LogP contribution < -0.4 is 5.32 Å². The maximum atomic E-state index is 11.1. The zero-order valence-electron chi connectivity index (χ0n) is 10.9. The molecule has 3 rings (SSSR count). The van der Waals surface area contributed by atoms with Gasteiger partial charge in [0.2, 0.25) is 0 Å². The van der Waals surface area contributed by atoms with E-state index in [1.54, 1.807) is 6.20 Å². The number of carboxylic acids is 1. The van der Waals surface area contributed by atoms with Gasteiger partial charge in [-0.1, -0.05) is 0 Å². The van der Waals surface area contributed by atoms with Crippen molar-refractivity contribution in [1.82, 2.24) is 14.9 Å². The molecule has 2 aromatic rings. The Hall–Kier alpha value is -1.88. The number of aromatic nitrogens is 2. The lowest BCUT2D eigenvalue weighted by molar-refractivity contribution is -0.136. The molecule has 1 atom stereocenters. The first-order valence-corrected chi connectivity index (χ1v) is 6.54. The van der Waals surface area contributed by atoms with Crippen LogP contribution in [-0.4, -0.2) is 33.7 Å². The number of nitrogens with zero attached hydrogens (tertiary/aromatic N) is 2. The van der Waals surface area contributed by atoms with Gasteiger partial charge in [-0.2, -0.15) is 0 Å². The lowest BCUT2D eigenvalue weighted by atomic mass is 10.0. The van der Waals surface area contributed by atoms with E-state index >= 15 is 0 Å². The highest BCUT2D eigenvalue weighted by Gasteiger charge is 2.25. The summed E-state index contributed by atoms with van der Waals surface area (Å²) < 4.78 is 2.18. The fraction of sp³-hybridized carbons (Fsp3) is 0.429. The van der Waals surface area contributed by atoms with Crippen LogP contribution in [0, 0.1) is 0 Å². The minimum Gasteiger partial charge on any atom is -0.481 e. The predicted octanol–water partition coefficient (Wildman–Crippen LogP) is 1.20. The van der Waals surface area contributed by atoms with Crippen LogP contribution in [-0.2, 0) is 24.2 Å². The molecule has 0 saturated carbocycles. The molecule has 2 aromatic heterocycles. The third kappa shape index (κ3) is 2.00. The SMILES string of the molecule is CNC1CCc2c(CC(=O)O)c3cccnc3n2C1. The molecule has 0 aromatic carbocycles. The monoisotopic (exact) mass is 259 g/mol. The third-order valence-electron chi connectivity index (χ3n) is 3.91. The molecule has 2 N–H and O–H groups in total. The summed E-state index contributed by atoms with van der Waals surface area (Å²) in [5.41, 5.74) is 2.99. The van der Waals surface area contributed by atoms with Crippen LogP contribution in [0.1, 0.15) is 17.7 Å². The van der Waals surface area contributed by atoms with Crippen LogP contribution in [0.4, 0.5) is 0 Å². The Morgan fingerprint density at radius 1 is 1.63 bits per heavy atom. The molecule has 100 valence electrons. The summed E-state index contributed by atoms with van der Waals surface area (Å²) in [5.74, 6) is -0.783. The maximum absolute atomic E-state index is 11.1. The Morgan fingerprint density at radius 3 is 3.21 bits per heavy atom. The summed E-state index contributed by atoms with van der Waals surface area (Å²) in [6, 6.07) is 4.28. The molecule has 0 spiro atoms. The van der Waals surface area contributed by atoms with Gasteiger partial charge >= 0.3 is 5.97 Å². The number of carboxylic acid groups (broad SMARTS) is 1. The van der Waals surface area contributed by atoms with Gasteiger partial charge in [-0.15, -0.1) is 0 Å². The number of pyridine rings is 1. The van der Waals surface area contributed by atoms with Gasteiger partial charge in [0.15, 0.2) is 0 Å². The summed E-state index contributed by atoms with van der Waals surface area (Å²) >= 11 is 0. The highest BCUT2D eigenvalue weighted by Crippen LogP contribution is 2.29. The average Bonchev–Trinajstić information content (AvgIpc) is 2.73. The number of likely N-dealkylation sites (N-methyl/N-ethyl adjacent to an activating group) is 1. The smallest absolute Gasteiger partial charge is 0.307 e. The molecule has 0 aliphatic carbocycles. The Labute approximate surface area is 111 Å². The van der Waals surface area contributed by atoms with Crippen molar-refractivity contribution in [3.8, 4) is 0 Å². The van der Waals surface area contributed by atoms with Crippen molar-refractivity contribution in [3.63, 3.8) is 0 Å². The largest absolute Gasteiger partial charge is 0.481 e. The van der Waals surface area contributed by atoms with Crippen molar-refractivity contribution in [1.29, 1.82) is 0 Å². The molecule has 0 amide bonds. The Bertz CT molecular complexity index is 633. The lowest BCUT2D eigenvalue weighted by Gasteiger charge is -2.25. The lowest BCUT2D eigenvalue weighted by Crippen LogP contribution is -2.35. The number of rotatable bonds is 3. The highest BCUT2D eigenvalue weighted by atomic mass is 16.4. The van der Waals surface area contributed by atoms with Gasteiger partial charge in [-0.25, -0.2) is 4.98 Å². The van der Waals surface area contributed by atoms with E-state index in [0.29, 0.717) is 6.04 Å². The van der Waals surface area contributed by atoms with E-state index in [2.05, 4.69) is 14.9 Å². The molecule has 1 aliphatic rings. The second kappa shape index (κ2) is 4.66. The number of nitrogens with one attached hydrogen (secondary N) is 1. The molecular weight excluding hydrogens is 242 g/mol. The minimum atomic E-state index is -0.783. The van der Waals surface area contributed by atoms with Crippen molar-refractivity contribution in [2.24, 2.45) is 0 Å². The second-order valence-electron chi connectivity index (χ2n) is 5.01. The number of fused-ring (bicyclic) bond motifs is 3. The second-order valence-corrected chi connectivity index (χ2v) is 5.01. The van der Waals surface area contributed by atoms with Crippen LogP contribution in [0.2, 0.25) is 0 Å². The summed E-state index contributed by atoms with van der Waals surface area (Å²) in [5, 5.41) is 13.4. The van der Waals surface area contributed by atoms with Gasteiger partial charge in [0.1, 0.15) is 5.65 Å². The molecule has 0 bridgehead atoms. The van der Waals surface area contributed by atoms with E-state index in [-0.39, 0.29) is 6.42 Å². The molecule has 0 saturated heterocycles. The first-order chi connectivity index (χ1) is 9.20. The Morgan fingerprint density at radius 2 is 2.47 bits per heavy atom. The molecule has 1 unspecified atom stereocenters. The number of hydrogen-bond acceptors (Lipinski definition) is 3. The molecule has 19 heavy (non-hydrogen) atoms. The Balaban J connectivity index is 2.18. The van der Waals surface area contributed by atoms with Crippen LogP contribution >= 0.6 is 0 Å². The first-order valence-electron chi connectivity index (χ1n) is 6.54. The molecule has 5 heteroatoms. The molecule has 3 heterocycles. The fourth-order valence-corrected chi connectivity index (χ4v) is 2.98. The molecule has 5 nitrogen and oxygen atoms in total. The van der Waals surface area contributed by atoms with Crippen LogP contribution in [0.5, 0.6) is 0 Å². The normalized spacial score (nSPS) is 18.5.